The zero-order valence-corrected chi connectivity index (χ0v) is 18.0. The molecule has 0 unspecified atom stereocenters. The van der Waals surface area contributed by atoms with E-state index in [0.717, 1.165) is 21.0 Å². The van der Waals surface area contributed by atoms with Crippen LogP contribution in [0.3, 0.4) is 0 Å². The Hall–Kier alpha value is -3.56. The topological polar surface area (TPSA) is 24.6 Å². The van der Waals surface area contributed by atoms with E-state index in [4.69, 9.17) is 0 Å². The summed E-state index contributed by atoms with van der Waals surface area (Å²) in [6, 6.07) is 31.7. The number of nitrogens with zero attached hydrogens (tertiary/aromatic N) is 1. The number of para-hydroxylation sites is 2. The summed E-state index contributed by atoms with van der Waals surface area (Å²) in [5.41, 5.74) is 5.61. The summed E-state index contributed by atoms with van der Waals surface area (Å²) < 4.78 is 3.37. The molecule has 0 fully saturated rings. The Morgan fingerprint density at radius 1 is 0.613 bits per heavy atom. The Morgan fingerprint density at radius 2 is 1.32 bits per heavy atom. The van der Waals surface area contributed by atoms with Crippen molar-refractivity contribution in [2.24, 2.45) is 0 Å². The Bertz CT molecular complexity index is 1810. The highest BCUT2D eigenvalue weighted by molar-refractivity contribution is 9.10. The molecule has 146 valence electrons. The Kier molecular flexibility index (Phi) is 3.32. The summed E-state index contributed by atoms with van der Waals surface area (Å²) in [6.07, 6.45) is 0. The van der Waals surface area contributed by atoms with Crippen LogP contribution in [0.4, 0.5) is 0 Å². The molecule has 7 aromatic rings. The van der Waals surface area contributed by atoms with E-state index in [1.807, 2.05) is 12.1 Å². The number of hydrogen-bond donors (Lipinski definition) is 1. The normalized spacial score (nSPS) is 12.2. The smallest absolute Gasteiger partial charge is 0.123 e. The first kappa shape index (κ1) is 17.2. The molecule has 0 saturated heterocycles. The molecule has 0 radical (unpaired) electrons. The van der Waals surface area contributed by atoms with Crippen LogP contribution in [0.15, 0.2) is 95.5 Å². The van der Waals surface area contributed by atoms with Crippen LogP contribution in [0.2, 0.25) is 0 Å². The first-order valence-electron chi connectivity index (χ1n) is 10.3. The molecule has 2 heterocycles. The molecule has 3 heteroatoms. The van der Waals surface area contributed by atoms with Gasteiger partial charge in [-0.05, 0) is 41.3 Å². The predicted octanol–water partition coefficient (Wildman–Crippen LogP) is 8.13. The van der Waals surface area contributed by atoms with Gasteiger partial charge in [0.1, 0.15) is 5.75 Å². The molecular weight excluding hydrogens is 446 g/mol. The van der Waals surface area contributed by atoms with Crippen LogP contribution in [0.25, 0.3) is 60.0 Å². The third kappa shape index (κ3) is 2.21. The van der Waals surface area contributed by atoms with E-state index in [2.05, 4.69) is 93.1 Å². The van der Waals surface area contributed by atoms with Gasteiger partial charge in [-0.25, -0.2) is 0 Å². The molecule has 0 atom stereocenters. The van der Waals surface area contributed by atoms with Crippen LogP contribution in [-0.4, -0.2) is 9.51 Å². The van der Waals surface area contributed by atoms with Crippen molar-refractivity contribution in [3.63, 3.8) is 0 Å². The minimum atomic E-state index is 0.286. The minimum Gasteiger partial charge on any atom is -0.507 e. The van der Waals surface area contributed by atoms with Gasteiger partial charge in [0, 0.05) is 37.0 Å². The van der Waals surface area contributed by atoms with Crippen LogP contribution in [0.5, 0.6) is 5.75 Å². The standard InChI is InChI=1S/C28H16BrNO/c29-18-10-13-26(31)24(15-18)17-8-11-19-16(14-17)9-12-23-22-6-3-5-21-20-4-1-2-7-25(20)30(27(19)23)28(21)22/h1-15,31H. The van der Waals surface area contributed by atoms with E-state index in [0.29, 0.717) is 0 Å². The van der Waals surface area contributed by atoms with Crippen LogP contribution in [0, 0.1) is 0 Å². The van der Waals surface area contributed by atoms with Gasteiger partial charge in [0.05, 0.1) is 16.6 Å². The zero-order chi connectivity index (χ0) is 20.7. The van der Waals surface area contributed by atoms with Gasteiger partial charge < -0.3 is 9.51 Å². The molecule has 0 aliphatic rings. The molecule has 0 aliphatic carbocycles. The fourth-order valence-corrected chi connectivity index (χ4v) is 5.51. The Morgan fingerprint density at radius 3 is 2.23 bits per heavy atom. The second-order valence-corrected chi connectivity index (χ2v) is 9.03. The zero-order valence-electron chi connectivity index (χ0n) is 16.4. The second kappa shape index (κ2) is 5.99. The van der Waals surface area contributed by atoms with Crippen molar-refractivity contribution in [2.45, 2.75) is 0 Å². The Labute approximate surface area is 186 Å². The largest absolute Gasteiger partial charge is 0.507 e. The highest BCUT2D eigenvalue weighted by Crippen LogP contribution is 2.42. The van der Waals surface area contributed by atoms with Crippen molar-refractivity contribution < 1.29 is 5.11 Å². The summed E-state index contributed by atoms with van der Waals surface area (Å²) in [7, 11) is 0. The lowest BCUT2D eigenvalue weighted by Crippen LogP contribution is -1.85. The van der Waals surface area contributed by atoms with E-state index in [1.54, 1.807) is 6.07 Å². The number of phenolic OH excluding ortho intramolecular Hbond substituents is 1. The number of halogens is 1. The molecule has 0 saturated carbocycles. The SMILES string of the molecule is Oc1ccc(Br)cc1-c1ccc2c(ccc3c4cccc5c6ccccc6n(c23)c54)c1. The summed E-state index contributed by atoms with van der Waals surface area (Å²) in [5.74, 6) is 0.286. The maximum absolute atomic E-state index is 10.4. The van der Waals surface area contributed by atoms with Crippen molar-refractivity contribution in [3.8, 4) is 16.9 Å². The monoisotopic (exact) mass is 461 g/mol. The molecule has 2 nitrogen and oxygen atoms in total. The molecule has 0 aliphatic heterocycles. The van der Waals surface area contributed by atoms with E-state index in [1.165, 1.54) is 43.5 Å². The Balaban J connectivity index is 1.64. The number of hydrogen-bond acceptors (Lipinski definition) is 1. The average Bonchev–Trinajstić information content (AvgIpc) is 3.32. The van der Waals surface area contributed by atoms with E-state index in [9.17, 15) is 5.11 Å². The fourth-order valence-electron chi connectivity index (χ4n) is 5.15. The maximum Gasteiger partial charge on any atom is 0.123 e. The average molecular weight is 462 g/mol. The van der Waals surface area contributed by atoms with Crippen molar-refractivity contribution >= 4 is 64.8 Å². The molecule has 0 spiro atoms. The van der Waals surface area contributed by atoms with Crippen LogP contribution in [0.1, 0.15) is 0 Å². The van der Waals surface area contributed by atoms with Gasteiger partial charge in [-0.3, -0.25) is 0 Å². The number of fused-ring (bicyclic) bond motifs is 8. The first-order valence-corrected chi connectivity index (χ1v) is 11.1. The minimum absolute atomic E-state index is 0.286. The van der Waals surface area contributed by atoms with E-state index < -0.39 is 0 Å². The fraction of sp³-hybridized carbons (Fsp3) is 0. The number of benzene rings is 5. The van der Waals surface area contributed by atoms with Crippen LogP contribution >= 0.6 is 15.9 Å². The summed E-state index contributed by atoms with van der Waals surface area (Å²) >= 11 is 3.52. The summed E-state index contributed by atoms with van der Waals surface area (Å²) in [5, 5.41) is 17.9. The highest BCUT2D eigenvalue weighted by atomic mass is 79.9. The van der Waals surface area contributed by atoms with Crippen LogP contribution in [-0.2, 0) is 0 Å². The van der Waals surface area contributed by atoms with Gasteiger partial charge in [-0.2, -0.15) is 0 Å². The summed E-state index contributed by atoms with van der Waals surface area (Å²) in [6.45, 7) is 0. The molecular formula is C28H16BrNO. The van der Waals surface area contributed by atoms with Crippen LogP contribution < -0.4 is 0 Å². The predicted molar refractivity (Wildman–Crippen MR) is 133 cm³/mol. The number of aromatic nitrogens is 1. The number of rotatable bonds is 1. The molecule has 7 rings (SSSR count). The molecule has 0 amide bonds. The molecule has 31 heavy (non-hydrogen) atoms. The van der Waals surface area contributed by atoms with Crippen molar-refractivity contribution in [1.82, 2.24) is 4.40 Å². The third-order valence-corrected chi connectivity index (χ3v) is 6.96. The van der Waals surface area contributed by atoms with Gasteiger partial charge in [0.25, 0.3) is 0 Å². The van der Waals surface area contributed by atoms with Crippen molar-refractivity contribution in [1.29, 1.82) is 0 Å². The van der Waals surface area contributed by atoms with Gasteiger partial charge in [-0.15, -0.1) is 0 Å². The van der Waals surface area contributed by atoms with Crippen molar-refractivity contribution in [2.75, 3.05) is 0 Å². The molecule has 0 bridgehead atoms. The number of aromatic hydroxyl groups is 1. The van der Waals surface area contributed by atoms with E-state index in [-0.39, 0.29) is 5.75 Å². The quantitative estimate of drug-likeness (QED) is 0.262. The number of phenols is 1. The highest BCUT2D eigenvalue weighted by Gasteiger charge is 2.18. The lowest BCUT2D eigenvalue weighted by Gasteiger charge is -2.09. The van der Waals surface area contributed by atoms with Gasteiger partial charge in [0.15, 0.2) is 0 Å². The third-order valence-electron chi connectivity index (χ3n) is 6.47. The maximum atomic E-state index is 10.4. The molecule has 1 N–H and O–H groups in total. The van der Waals surface area contributed by atoms with Gasteiger partial charge >= 0.3 is 0 Å². The van der Waals surface area contributed by atoms with Gasteiger partial charge in [0.2, 0.25) is 0 Å². The molecule has 2 aromatic heterocycles. The second-order valence-electron chi connectivity index (χ2n) is 8.11. The lowest BCUT2D eigenvalue weighted by molar-refractivity contribution is 0.477. The first-order chi connectivity index (χ1) is 15.2. The van der Waals surface area contributed by atoms with Gasteiger partial charge in [-0.1, -0.05) is 76.6 Å². The molecule has 5 aromatic carbocycles. The van der Waals surface area contributed by atoms with Crippen molar-refractivity contribution in [3.05, 3.63) is 95.5 Å². The van der Waals surface area contributed by atoms with E-state index >= 15 is 0 Å². The lowest BCUT2D eigenvalue weighted by atomic mass is 9.98. The summed E-state index contributed by atoms with van der Waals surface area (Å²) in [4.78, 5) is 0.